The molecule has 20 heavy (non-hydrogen) atoms. The van der Waals surface area contributed by atoms with Gasteiger partial charge in [0.15, 0.2) is 0 Å². The maximum Gasteiger partial charge on any atom is 0.410 e. The van der Waals surface area contributed by atoms with Crippen molar-refractivity contribution in [2.24, 2.45) is 0 Å². The summed E-state index contributed by atoms with van der Waals surface area (Å²) in [6.45, 7) is 6.42. The lowest BCUT2D eigenvalue weighted by Crippen LogP contribution is -2.42. The number of carbonyl (C=O) groups excluding carboxylic acids is 1. The van der Waals surface area contributed by atoms with Gasteiger partial charge in [-0.1, -0.05) is 6.07 Å². The van der Waals surface area contributed by atoms with Gasteiger partial charge in [-0.05, 0) is 62.0 Å². The topological polar surface area (TPSA) is 42.4 Å². The lowest BCUT2D eigenvalue weighted by Gasteiger charge is -2.37. The van der Waals surface area contributed by atoms with E-state index in [9.17, 15) is 4.79 Å². The Labute approximate surface area is 128 Å². The summed E-state index contributed by atoms with van der Waals surface area (Å²) in [5.41, 5.74) is 0.587. The van der Waals surface area contributed by atoms with E-state index in [1.807, 2.05) is 37.8 Å². The number of aromatic nitrogens is 1. The summed E-state index contributed by atoms with van der Waals surface area (Å²) >= 11 is 3.48. The largest absolute Gasteiger partial charge is 0.444 e. The Morgan fingerprint density at radius 1 is 1.45 bits per heavy atom. The lowest BCUT2D eigenvalue weighted by atomic mass is 9.97. The van der Waals surface area contributed by atoms with E-state index in [1.54, 1.807) is 6.20 Å². The Bertz CT molecular complexity index is 485. The Morgan fingerprint density at radius 2 is 2.20 bits per heavy atom. The van der Waals surface area contributed by atoms with E-state index in [4.69, 9.17) is 4.74 Å². The summed E-state index contributed by atoms with van der Waals surface area (Å²) < 4.78 is 6.33. The Hall–Kier alpha value is -1.10. The SMILES string of the molecule is CC(C)(C)OC(=O)N1CCCC[C@H]1c1cccnc1Br. The average Bonchev–Trinajstić information content (AvgIpc) is 2.37. The van der Waals surface area contributed by atoms with E-state index >= 15 is 0 Å². The molecule has 110 valence electrons. The molecule has 0 saturated carbocycles. The molecule has 1 aromatic rings. The van der Waals surface area contributed by atoms with Gasteiger partial charge >= 0.3 is 6.09 Å². The standard InChI is InChI=1S/C15H21BrN2O2/c1-15(2,3)20-14(19)18-10-5-4-8-12(18)11-7-6-9-17-13(11)16/h6-7,9,12H,4-5,8,10H2,1-3H3/t12-/m0/s1. The third-order valence-corrected chi connectivity index (χ3v) is 3.94. The molecule has 2 rings (SSSR count). The van der Waals surface area contributed by atoms with E-state index in [2.05, 4.69) is 20.9 Å². The molecule has 1 aliphatic heterocycles. The Morgan fingerprint density at radius 3 is 2.85 bits per heavy atom. The summed E-state index contributed by atoms with van der Waals surface area (Å²) in [7, 11) is 0. The summed E-state index contributed by atoms with van der Waals surface area (Å²) in [6, 6.07) is 3.97. The van der Waals surface area contributed by atoms with Crippen LogP contribution >= 0.6 is 15.9 Å². The van der Waals surface area contributed by atoms with Crippen molar-refractivity contribution in [2.45, 2.75) is 51.7 Å². The highest BCUT2D eigenvalue weighted by Crippen LogP contribution is 2.34. The first-order valence-corrected chi connectivity index (χ1v) is 7.78. The van der Waals surface area contributed by atoms with Gasteiger partial charge in [0.05, 0.1) is 6.04 Å². The zero-order chi connectivity index (χ0) is 14.8. The van der Waals surface area contributed by atoms with E-state index < -0.39 is 5.60 Å². The van der Waals surface area contributed by atoms with Gasteiger partial charge in [-0.2, -0.15) is 0 Å². The molecule has 1 saturated heterocycles. The number of pyridine rings is 1. The van der Waals surface area contributed by atoms with Crippen LogP contribution in [-0.2, 0) is 4.74 Å². The number of hydrogen-bond acceptors (Lipinski definition) is 3. The third kappa shape index (κ3) is 3.72. The van der Waals surface area contributed by atoms with Crippen LogP contribution in [0.2, 0.25) is 0 Å². The maximum atomic E-state index is 12.4. The van der Waals surface area contributed by atoms with Crippen molar-refractivity contribution in [1.82, 2.24) is 9.88 Å². The van der Waals surface area contributed by atoms with Crippen molar-refractivity contribution in [3.63, 3.8) is 0 Å². The molecular weight excluding hydrogens is 320 g/mol. The first-order valence-electron chi connectivity index (χ1n) is 6.98. The van der Waals surface area contributed by atoms with Crippen molar-refractivity contribution >= 4 is 22.0 Å². The number of halogens is 1. The highest BCUT2D eigenvalue weighted by Gasteiger charge is 2.32. The molecule has 0 spiro atoms. The predicted molar refractivity (Wildman–Crippen MR) is 81.5 cm³/mol. The average molecular weight is 341 g/mol. The van der Waals surface area contributed by atoms with Gasteiger partial charge in [0.1, 0.15) is 10.2 Å². The van der Waals surface area contributed by atoms with Crippen LogP contribution in [0.3, 0.4) is 0 Å². The molecule has 4 nitrogen and oxygen atoms in total. The number of hydrogen-bond donors (Lipinski definition) is 0. The van der Waals surface area contributed by atoms with Gasteiger partial charge in [-0.15, -0.1) is 0 Å². The van der Waals surface area contributed by atoms with Crippen LogP contribution in [0.1, 0.15) is 51.6 Å². The van der Waals surface area contributed by atoms with Crippen LogP contribution in [0.25, 0.3) is 0 Å². The second kappa shape index (κ2) is 6.12. The molecule has 0 bridgehead atoms. The molecule has 0 aromatic carbocycles. The smallest absolute Gasteiger partial charge is 0.410 e. The van der Waals surface area contributed by atoms with Gasteiger partial charge in [0.2, 0.25) is 0 Å². The fraction of sp³-hybridized carbons (Fsp3) is 0.600. The third-order valence-electron chi connectivity index (χ3n) is 3.28. The minimum atomic E-state index is -0.467. The van der Waals surface area contributed by atoms with Crippen molar-refractivity contribution < 1.29 is 9.53 Å². The second-order valence-electron chi connectivity index (χ2n) is 6.07. The molecule has 1 atom stereocenters. The van der Waals surface area contributed by atoms with Crippen LogP contribution < -0.4 is 0 Å². The molecule has 0 N–H and O–H groups in total. The molecule has 1 aliphatic rings. The highest BCUT2D eigenvalue weighted by atomic mass is 79.9. The molecule has 1 amide bonds. The van der Waals surface area contributed by atoms with Crippen molar-refractivity contribution in [3.8, 4) is 0 Å². The normalized spacial score (nSPS) is 19.8. The van der Waals surface area contributed by atoms with Crippen LogP contribution in [0.5, 0.6) is 0 Å². The first kappa shape index (κ1) is 15.3. The van der Waals surface area contributed by atoms with E-state index in [0.717, 1.165) is 36.0 Å². The summed E-state index contributed by atoms with van der Waals surface area (Å²) in [5.74, 6) is 0. The molecule has 1 aromatic heterocycles. The zero-order valence-electron chi connectivity index (χ0n) is 12.2. The minimum absolute atomic E-state index is 0.0432. The van der Waals surface area contributed by atoms with E-state index in [0.29, 0.717) is 0 Å². The molecule has 0 unspecified atom stereocenters. The quantitative estimate of drug-likeness (QED) is 0.715. The molecular formula is C15H21BrN2O2. The van der Waals surface area contributed by atoms with Crippen molar-refractivity contribution in [3.05, 3.63) is 28.5 Å². The number of nitrogens with zero attached hydrogens (tertiary/aromatic N) is 2. The van der Waals surface area contributed by atoms with Crippen LogP contribution in [-0.4, -0.2) is 28.1 Å². The van der Waals surface area contributed by atoms with E-state index in [-0.39, 0.29) is 12.1 Å². The molecule has 2 heterocycles. The van der Waals surface area contributed by atoms with E-state index in [1.165, 1.54) is 0 Å². The summed E-state index contributed by atoms with van der Waals surface area (Å²) in [4.78, 5) is 18.5. The molecule has 0 radical (unpaired) electrons. The van der Waals surface area contributed by atoms with Gasteiger partial charge in [-0.25, -0.2) is 9.78 Å². The fourth-order valence-corrected chi connectivity index (χ4v) is 2.96. The Kier molecular flexibility index (Phi) is 4.68. The van der Waals surface area contributed by atoms with Gasteiger partial charge in [-0.3, -0.25) is 0 Å². The zero-order valence-corrected chi connectivity index (χ0v) is 13.8. The van der Waals surface area contributed by atoms with Gasteiger partial charge < -0.3 is 9.64 Å². The highest BCUT2D eigenvalue weighted by molar-refractivity contribution is 9.10. The number of rotatable bonds is 1. The minimum Gasteiger partial charge on any atom is -0.444 e. The van der Waals surface area contributed by atoms with Crippen LogP contribution in [0, 0.1) is 0 Å². The van der Waals surface area contributed by atoms with Crippen LogP contribution in [0.4, 0.5) is 4.79 Å². The lowest BCUT2D eigenvalue weighted by molar-refractivity contribution is 0.00939. The molecule has 0 aliphatic carbocycles. The second-order valence-corrected chi connectivity index (χ2v) is 6.82. The summed E-state index contributed by atoms with van der Waals surface area (Å²) in [6.07, 6.45) is 4.59. The van der Waals surface area contributed by atoms with Crippen molar-refractivity contribution in [2.75, 3.05) is 6.54 Å². The number of amides is 1. The predicted octanol–water partition coefficient (Wildman–Crippen LogP) is 4.31. The Balaban J connectivity index is 2.22. The number of ether oxygens (including phenoxy) is 1. The van der Waals surface area contributed by atoms with Crippen LogP contribution in [0.15, 0.2) is 22.9 Å². The fourth-order valence-electron chi connectivity index (χ4n) is 2.44. The van der Waals surface area contributed by atoms with Gasteiger partial charge in [0.25, 0.3) is 0 Å². The monoisotopic (exact) mass is 340 g/mol. The van der Waals surface area contributed by atoms with Gasteiger partial charge in [0, 0.05) is 18.3 Å². The molecule has 1 fully saturated rings. The number of carbonyl (C=O) groups is 1. The number of piperidine rings is 1. The van der Waals surface area contributed by atoms with Crippen molar-refractivity contribution in [1.29, 1.82) is 0 Å². The first-order chi connectivity index (χ1) is 9.38. The molecule has 5 heteroatoms. The summed E-state index contributed by atoms with van der Waals surface area (Å²) in [5, 5.41) is 0. The maximum absolute atomic E-state index is 12.4. The number of likely N-dealkylation sites (tertiary alicyclic amines) is 1.